The lowest BCUT2D eigenvalue weighted by Crippen LogP contribution is -2.34. The number of hydrogen-bond acceptors (Lipinski definition) is 4. The Morgan fingerprint density at radius 2 is 1.67 bits per heavy atom. The summed E-state index contributed by atoms with van der Waals surface area (Å²) in [4.78, 5) is 24.1. The normalized spacial score (nSPS) is 20.9. The molecule has 2 aromatic carbocycles. The summed E-state index contributed by atoms with van der Waals surface area (Å²) in [5.74, 6) is -0.358. The second kappa shape index (κ2) is 7.02. The van der Waals surface area contributed by atoms with E-state index >= 15 is 0 Å². The number of fused-ring (bicyclic) bond motifs is 1. The van der Waals surface area contributed by atoms with E-state index in [0.29, 0.717) is 10.6 Å². The Hall–Kier alpha value is -2.53. The molecule has 4 rings (SSSR count). The maximum atomic E-state index is 12.1. The highest BCUT2D eigenvalue weighted by Gasteiger charge is 2.37. The molecule has 0 bridgehead atoms. The second-order valence-corrected chi connectivity index (χ2v) is 10.7. The van der Waals surface area contributed by atoms with Crippen LogP contribution in [0.5, 0.6) is 0 Å². The Morgan fingerprint density at radius 3 is 2.27 bits per heavy atom. The molecule has 1 aliphatic carbocycles. The molecule has 0 atom stereocenters. The topological polar surface area (TPSA) is 72.2 Å². The van der Waals surface area contributed by atoms with Gasteiger partial charge in [-0.05, 0) is 88.4 Å². The minimum Gasteiger partial charge on any atom is -0.398 e. The van der Waals surface area contributed by atoms with Crippen LogP contribution in [0.4, 0.5) is 10.5 Å². The molecule has 4 nitrogen and oxygen atoms in total. The number of amides is 2. The minimum absolute atomic E-state index is 0.0864. The van der Waals surface area contributed by atoms with Gasteiger partial charge in [0.2, 0.25) is 0 Å². The third-order valence-electron chi connectivity index (χ3n) is 6.52. The molecule has 30 heavy (non-hydrogen) atoms. The van der Waals surface area contributed by atoms with Gasteiger partial charge in [-0.15, -0.1) is 0 Å². The van der Waals surface area contributed by atoms with Gasteiger partial charge < -0.3 is 5.73 Å². The van der Waals surface area contributed by atoms with Crippen LogP contribution in [0.2, 0.25) is 0 Å². The molecule has 0 unspecified atom stereocenters. The van der Waals surface area contributed by atoms with E-state index in [0.717, 1.165) is 46.9 Å². The van der Waals surface area contributed by atoms with Crippen molar-refractivity contribution in [1.29, 1.82) is 0 Å². The number of nitrogens with one attached hydrogen (secondary N) is 1. The molecule has 0 spiro atoms. The Bertz CT molecular complexity index is 1110. The molecule has 3 N–H and O–H groups in total. The van der Waals surface area contributed by atoms with Gasteiger partial charge in [-0.2, -0.15) is 0 Å². The number of imide groups is 1. The zero-order valence-electron chi connectivity index (χ0n) is 18.2. The molecule has 0 aromatic heterocycles. The minimum atomic E-state index is -0.358. The monoisotopic (exact) mass is 420 g/mol. The molecule has 156 valence electrons. The smallest absolute Gasteiger partial charge is 0.290 e. The molecular weight excluding hydrogens is 392 g/mol. The summed E-state index contributed by atoms with van der Waals surface area (Å²) in [6.45, 7) is 11.4. The van der Waals surface area contributed by atoms with Gasteiger partial charge in [-0.1, -0.05) is 45.9 Å². The SMILES string of the molecule is Cc1cc2c(cc1-c1c(N)cccc1/C=C1\SC(=O)NC1=O)C(C)(C)CCC2(C)C. The summed E-state index contributed by atoms with van der Waals surface area (Å²) in [5, 5.41) is 1.98. The highest BCUT2D eigenvalue weighted by Crippen LogP contribution is 2.48. The van der Waals surface area contributed by atoms with Gasteiger partial charge >= 0.3 is 0 Å². The lowest BCUT2D eigenvalue weighted by atomic mass is 9.62. The number of carbonyl (C=O) groups excluding carboxylic acids is 2. The quantitative estimate of drug-likeness (QED) is 0.467. The number of anilines is 1. The first kappa shape index (κ1) is 20.7. The van der Waals surface area contributed by atoms with Gasteiger partial charge in [0.15, 0.2) is 0 Å². The van der Waals surface area contributed by atoms with Crippen molar-refractivity contribution < 1.29 is 9.59 Å². The Kier molecular flexibility index (Phi) is 4.85. The molecule has 1 aliphatic heterocycles. The van der Waals surface area contributed by atoms with E-state index < -0.39 is 0 Å². The number of aryl methyl sites for hydroxylation is 1. The van der Waals surface area contributed by atoms with Crippen molar-refractivity contribution in [2.45, 2.75) is 58.3 Å². The maximum Gasteiger partial charge on any atom is 0.290 e. The zero-order chi connectivity index (χ0) is 21.8. The van der Waals surface area contributed by atoms with Crippen LogP contribution in [-0.4, -0.2) is 11.1 Å². The van der Waals surface area contributed by atoms with Gasteiger partial charge in [-0.3, -0.25) is 14.9 Å². The van der Waals surface area contributed by atoms with Crippen LogP contribution in [-0.2, 0) is 15.6 Å². The Labute approximate surface area is 182 Å². The van der Waals surface area contributed by atoms with Gasteiger partial charge in [0.1, 0.15) is 0 Å². The standard InChI is InChI=1S/C25H28N2O2S/c1-14-11-17-18(25(4,5)10-9-24(17,2)3)13-16(14)21-15(7-6-8-19(21)26)12-20-22(28)27-23(29)30-20/h6-8,11-13H,9-10,26H2,1-5H3,(H,27,28,29)/b20-12-. The largest absolute Gasteiger partial charge is 0.398 e. The van der Waals surface area contributed by atoms with Crippen LogP contribution in [0, 0.1) is 6.92 Å². The predicted octanol–water partition coefficient (Wildman–Crippen LogP) is 5.92. The Morgan fingerprint density at radius 1 is 1.03 bits per heavy atom. The fourth-order valence-electron chi connectivity index (χ4n) is 4.57. The van der Waals surface area contributed by atoms with E-state index in [1.165, 1.54) is 11.1 Å². The number of benzene rings is 2. The Balaban J connectivity index is 1.94. The third kappa shape index (κ3) is 3.45. The fraction of sp³-hybridized carbons (Fsp3) is 0.360. The molecule has 2 aromatic rings. The summed E-state index contributed by atoms with van der Waals surface area (Å²) >= 11 is 0.926. The molecule has 2 amide bonds. The first-order valence-corrected chi connectivity index (χ1v) is 11.1. The number of carbonyl (C=O) groups is 2. The average Bonchev–Trinajstić information content (AvgIpc) is 2.97. The first-order chi connectivity index (χ1) is 14.0. The van der Waals surface area contributed by atoms with Crippen molar-refractivity contribution in [2.75, 3.05) is 5.73 Å². The number of rotatable bonds is 2. The maximum absolute atomic E-state index is 12.1. The molecule has 2 aliphatic rings. The number of nitrogen functional groups attached to an aromatic ring is 1. The molecule has 0 radical (unpaired) electrons. The second-order valence-electron chi connectivity index (χ2n) is 9.64. The van der Waals surface area contributed by atoms with Crippen molar-refractivity contribution >= 4 is 34.7 Å². The van der Waals surface area contributed by atoms with E-state index in [-0.39, 0.29) is 22.0 Å². The van der Waals surface area contributed by atoms with E-state index in [4.69, 9.17) is 5.73 Å². The number of hydrogen-bond donors (Lipinski definition) is 2. The summed E-state index contributed by atoms with van der Waals surface area (Å²) < 4.78 is 0. The van der Waals surface area contributed by atoms with Crippen LogP contribution < -0.4 is 11.1 Å². The highest BCUT2D eigenvalue weighted by molar-refractivity contribution is 8.18. The molecule has 1 fully saturated rings. The van der Waals surface area contributed by atoms with E-state index in [1.807, 2.05) is 18.2 Å². The zero-order valence-corrected chi connectivity index (χ0v) is 19.0. The molecule has 5 heteroatoms. The summed E-state index contributed by atoms with van der Waals surface area (Å²) in [7, 11) is 0. The van der Waals surface area contributed by atoms with Crippen molar-refractivity contribution in [3.05, 3.63) is 57.5 Å². The highest BCUT2D eigenvalue weighted by atomic mass is 32.2. The average molecular weight is 421 g/mol. The van der Waals surface area contributed by atoms with Crippen molar-refractivity contribution in [2.24, 2.45) is 0 Å². The summed E-state index contributed by atoms with van der Waals surface area (Å²) in [6, 6.07) is 10.3. The van der Waals surface area contributed by atoms with Crippen LogP contribution in [0.3, 0.4) is 0 Å². The molecule has 1 saturated heterocycles. The molecule has 1 heterocycles. The summed E-state index contributed by atoms with van der Waals surface area (Å²) in [5.41, 5.74) is 14.1. The lowest BCUT2D eigenvalue weighted by Gasteiger charge is -2.42. The first-order valence-electron chi connectivity index (χ1n) is 10.3. The third-order valence-corrected chi connectivity index (χ3v) is 7.34. The van der Waals surface area contributed by atoms with Crippen LogP contribution in [0.25, 0.3) is 17.2 Å². The van der Waals surface area contributed by atoms with E-state index in [9.17, 15) is 9.59 Å². The van der Waals surface area contributed by atoms with Crippen LogP contribution >= 0.6 is 11.8 Å². The van der Waals surface area contributed by atoms with Gasteiger partial charge in [0.25, 0.3) is 11.1 Å². The van der Waals surface area contributed by atoms with Gasteiger partial charge in [0.05, 0.1) is 4.91 Å². The van der Waals surface area contributed by atoms with E-state index in [2.05, 4.69) is 52.1 Å². The molecular formula is C25H28N2O2S. The van der Waals surface area contributed by atoms with Gasteiger partial charge in [-0.25, -0.2) is 0 Å². The lowest BCUT2D eigenvalue weighted by molar-refractivity contribution is -0.115. The summed E-state index contributed by atoms with van der Waals surface area (Å²) in [6.07, 6.45) is 4.07. The van der Waals surface area contributed by atoms with Crippen molar-refractivity contribution in [1.82, 2.24) is 5.32 Å². The fourth-order valence-corrected chi connectivity index (χ4v) is 5.25. The van der Waals surface area contributed by atoms with Crippen LogP contribution in [0.1, 0.15) is 62.8 Å². The number of nitrogens with two attached hydrogens (primary N) is 1. The van der Waals surface area contributed by atoms with Crippen molar-refractivity contribution in [3.63, 3.8) is 0 Å². The van der Waals surface area contributed by atoms with Crippen molar-refractivity contribution in [3.8, 4) is 11.1 Å². The predicted molar refractivity (Wildman–Crippen MR) is 125 cm³/mol. The van der Waals surface area contributed by atoms with Gasteiger partial charge in [0, 0.05) is 11.3 Å². The van der Waals surface area contributed by atoms with Crippen LogP contribution in [0.15, 0.2) is 35.2 Å². The molecule has 0 saturated carbocycles. The number of thioether (sulfide) groups is 1. The van der Waals surface area contributed by atoms with E-state index in [1.54, 1.807) is 6.08 Å².